The highest BCUT2D eigenvalue weighted by molar-refractivity contribution is 5.64. The lowest BCUT2D eigenvalue weighted by molar-refractivity contribution is 0.456. The Kier molecular flexibility index (Phi) is 3.74. The molecule has 0 spiro atoms. The van der Waals surface area contributed by atoms with Crippen molar-refractivity contribution in [3.63, 3.8) is 0 Å². The van der Waals surface area contributed by atoms with Gasteiger partial charge in [-0.25, -0.2) is 4.39 Å². The van der Waals surface area contributed by atoms with E-state index in [1.54, 1.807) is 0 Å². The van der Waals surface area contributed by atoms with Crippen LogP contribution in [0.1, 0.15) is 26.3 Å². The number of nitrogens with zero attached hydrogens (tertiary/aromatic N) is 1. The maximum absolute atomic E-state index is 12.7. The maximum Gasteiger partial charge on any atom is 0.156 e. The van der Waals surface area contributed by atoms with Gasteiger partial charge in [-0.2, -0.15) is 5.26 Å². The van der Waals surface area contributed by atoms with Crippen LogP contribution in [-0.4, -0.2) is 10.6 Å². The summed E-state index contributed by atoms with van der Waals surface area (Å²) < 4.78 is 12.7. The molecule has 0 aliphatic carbocycles. The molecule has 0 atom stereocenters. The second-order valence-corrected chi connectivity index (χ2v) is 4.72. The van der Waals surface area contributed by atoms with E-state index in [1.165, 1.54) is 24.3 Å². The predicted octanol–water partition coefficient (Wildman–Crippen LogP) is 2.96. The predicted molar refractivity (Wildman–Crippen MR) is 64.5 cm³/mol. The minimum Gasteiger partial charge on any atom is -0.504 e. The van der Waals surface area contributed by atoms with Crippen LogP contribution in [0.15, 0.2) is 30.0 Å². The summed E-state index contributed by atoms with van der Waals surface area (Å²) in [7, 11) is 0. The molecular weight excluding hydrogens is 219 g/mol. The molecule has 0 heterocycles. The number of aliphatic hydroxyl groups is 1. The Labute approximate surface area is 100 Å². The van der Waals surface area contributed by atoms with Gasteiger partial charge in [0.2, 0.25) is 0 Å². The third-order valence-electron chi connectivity index (χ3n) is 1.97. The standard InChI is InChI=1S/C13H15FN2O/c1-13(2,3)16-11(8-15)12(17)9-4-6-10(14)7-5-9/h4-7,16-17H,1-3H3/b12-11-. The van der Waals surface area contributed by atoms with Crippen LogP contribution < -0.4 is 5.32 Å². The molecule has 0 unspecified atom stereocenters. The van der Waals surface area contributed by atoms with Gasteiger partial charge < -0.3 is 10.4 Å². The summed E-state index contributed by atoms with van der Waals surface area (Å²) in [5.74, 6) is -0.564. The molecule has 0 radical (unpaired) electrons. The van der Waals surface area contributed by atoms with Crippen LogP contribution >= 0.6 is 0 Å². The van der Waals surface area contributed by atoms with E-state index in [9.17, 15) is 9.50 Å². The number of rotatable bonds is 2. The van der Waals surface area contributed by atoms with Gasteiger partial charge in [-0.05, 0) is 45.0 Å². The fraction of sp³-hybridized carbons (Fsp3) is 0.308. The number of nitrogens with one attached hydrogen (secondary N) is 1. The third-order valence-corrected chi connectivity index (χ3v) is 1.97. The van der Waals surface area contributed by atoms with Crippen molar-refractivity contribution in [2.24, 2.45) is 0 Å². The summed E-state index contributed by atoms with van der Waals surface area (Å²) in [6, 6.07) is 7.21. The van der Waals surface area contributed by atoms with Gasteiger partial charge in [0.1, 0.15) is 11.9 Å². The number of allylic oxidation sites excluding steroid dienone is 1. The highest BCUT2D eigenvalue weighted by Gasteiger charge is 2.15. The molecule has 1 aromatic carbocycles. The van der Waals surface area contributed by atoms with E-state index < -0.39 is 0 Å². The van der Waals surface area contributed by atoms with Crippen LogP contribution in [-0.2, 0) is 0 Å². The van der Waals surface area contributed by atoms with E-state index in [0.717, 1.165) is 0 Å². The molecule has 0 saturated carbocycles. The molecule has 4 heteroatoms. The zero-order valence-electron chi connectivity index (χ0n) is 10.1. The van der Waals surface area contributed by atoms with Gasteiger partial charge in [0.25, 0.3) is 0 Å². The monoisotopic (exact) mass is 234 g/mol. The van der Waals surface area contributed by atoms with Gasteiger partial charge in [-0.15, -0.1) is 0 Å². The van der Waals surface area contributed by atoms with Crippen molar-refractivity contribution in [2.45, 2.75) is 26.3 Å². The highest BCUT2D eigenvalue weighted by atomic mass is 19.1. The SMILES string of the molecule is CC(C)(C)N/C(C#N)=C(\O)c1ccc(F)cc1. The van der Waals surface area contributed by atoms with Gasteiger partial charge in [0.15, 0.2) is 11.5 Å². The Morgan fingerprint density at radius 1 is 1.29 bits per heavy atom. The van der Waals surface area contributed by atoms with E-state index in [4.69, 9.17) is 5.26 Å². The van der Waals surface area contributed by atoms with Crippen molar-refractivity contribution in [2.75, 3.05) is 0 Å². The number of halogens is 1. The minimum absolute atomic E-state index is 0.0732. The molecule has 0 amide bonds. The molecule has 0 saturated heterocycles. The quantitative estimate of drug-likeness (QED) is 0.611. The average molecular weight is 234 g/mol. The molecule has 17 heavy (non-hydrogen) atoms. The topological polar surface area (TPSA) is 56.0 Å². The van der Waals surface area contributed by atoms with Gasteiger partial charge in [-0.3, -0.25) is 0 Å². The second-order valence-electron chi connectivity index (χ2n) is 4.72. The van der Waals surface area contributed by atoms with Crippen LogP contribution in [0, 0.1) is 17.1 Å². The van der Waals surface area contributed by atoms with Gasteiger partial charge in [-0.1, -0.05) is 0 Å². The first-order valence-electron chi connectivity index (χ1n) is 5.21. The Balaban J connectivity index is 3.10. The van der Waals surface area contributed by atoms with E-state index in [1.807, 2.05) is 26.8 Å². The number of nitriles is 1. The van der Waals surface area contributed by atoms with E-state index >= 15 is 0 Å². The summed E-state index contributed by atoms with van der Waals surface area (Å²) in [6.07, 6.45) is 0. The Morgan fingerprint density at radius 3 is 2.24 bits per heavy atom. The van der Waals surface area contributed by atoms with Crippen molar-refractivity contribution >= 4 is 5.76 Å². The molecule has 0 fully saturated rings. The lowest BCUT2D eigenvalue weighted by atomic mass is 10.1. The summed E-state index contributed by atoms with van der Waals surface area (Å²) in [6.45, 7) is 5.63. The zero-order chi connectivity index (χ0) is 13.1. The first-order chi connectivity index (χ1) is 7.83. The molecule has 90 valence electrons. The van der Waals surface area contributed by atoms with E-state index in [2.05, 4.69) is 5.32 Å². The summed E-state index contributed by atoms with van der Waals surface area (Å²) in [5, 5.41) is 21.8. The first kappa shape index (κ1) is 13.0. The summed E-state index contributed by atoms with van der Waals surface area (Å²) in [5.41, 5.74) is 0.141. The molecule has 1 rings (SSSR count). The fourth-order valence-electron chi connectivity index (χ4n) is 1.27. The van der Waals surface area contributed by atoms with Crippen LogP contribution in [0.4, 0.5) is 4.39 Å². The molecule has 3 nitrogen and oxygen atoms in total. The number of aliphatic hydroxyl groups excluding tert-OH is 1. The van der Waals surface area contributed by atoms with Crippen molar-refractivity contribution in [1.29, 1.82) is 5.26 Å². The first-order valence-corrected chi connectivity index (χ1v) is 5.21. The average Bonchev–Trinajstić information content (AvgIpc) is 2.25. The van der Waals surface area contributed by atoms with Crippen molar-refractivity contribution in [3.8, 4) is 6.07 Å². The molecular formula is C13H15FN2O. The van der Waals surface area contributed by atoms with Crippen LogP contribution in [0.2, 0.25) is 0 Å². The molecule has 0 bridgehead atoms. The van der Waals surface area contributed by atoms with E-state index in [0.29, 0.717) is 5.56 Å². The van der Waals surface area contributed by atoms with Crippen LogP contribution in [0.5, 0.6) is 0 Å². The second kappa shape index (κ2) is 4.88. The zero-order valence-corrected chi connectivity index (χ0v) is 10.1. The lowest BCUT2D eigenvalue weighted by Gasteiger charge is -2.21. The summed E-state index contributed by atoms with van der Waals surface area (Å²) in [4.78, 5) is 0. The normalized spacial score (nSPS) is 12.6. The van der Waals surface area contributed by atoms with Crippen LogP contribution in [0.25, 0.3) is 5.76 Å². The minimum atomic E-state index is -0.385. The van der Waals surface area contributed by atoms with Gasteiger partial charge in [0, 0.05) is 11.1 Å². The van der Waals surface area contributed by atoms with Crippen molar-refractivity contribution < 1.29 is 9.50 Å². The maximum atomic E-state index is 12.7. The van der Waals surface area contributed by atoms with Gasteiger partial charge in [0.05, 0.1) is 0 Å². The van der Waals surface area contributed by atoms with Crippen molar-refractivity contribution in [3.05, 3.63) is 41.3 Å². The molecule has 0 aliphatic rings. The van der Waals surface area contributed by atoms with Gasteiger partial charge >= 0.3 is 0 Å². The number of hydrogen-bond donors (Lipinski definition) is 2. The molecule has 0 aromatic heterocycles. The third kappa shape index (κ3) is 3.80. The van der Waals surface area contributed by atoms with E-state index in [-0.39, 0.29) is 22.8 Å². The highest BCUT2D eigenvalue weighted by Crippen LogP contribution is 2.16. The van der Waals surface area contributed by atoms with Crippen molar-refractivity contribution in [1.82, 2.24) is 5.32 Å². The Hall–Kier alpha value is -2.02. The van der Waals surface area contributed by atoms with Crippen LogP contribution in [0.3, 0.4) is 0 Å². The smallest absolute Gasteiger partial charge is 0.156 e. The fourth-order valence-corrected chi connectivity index (χ4v) is 1.27. The molecule has 0 aliphatic heterocycles. The lowest BCUT2D eigenvalue weighted by Crippen LogP contribution is -2.35. The Bertz CT molecular complexity index is 464. The molecule has 2 N–H and O–H groups in total. The number of hydrogen-bond acceptors (Lipinski definition) is 3. The molecule has 1 aromatic rings. The Morgan fingerprint density at radius 2 is 1.82 bits per heavy atom. The summed E-state index contributed by atoms with van der Waals surface area (Å²) >= 11 is 0. The number of benzene rings is 1. The largest absolute Gasteiger partial charge is 0.504 e.